The molecule has 16 heavy (non-hydrogen) atoms. The van der Waals surface area contributed by atoms with Crippen LogP contribution in [0.25, 0.3) is 0 Å². The first-order chi connectivity index (χ1) is 7.34. The van der Waals surface area contributed by atoms with Crippen LogP contribution >= 0.6 is 0 Å². The second kappa shape index (κ2) is 5.07. The lowest BCUT2D eigenvalue weighted by Gasteiger charge is -2.39. The van der Waals surface area contributed by atoms with Crippen molar-refractivity contribution < 1.29 is 34.7 Å². The van der Waals surface area contributed by atoms with E-state index in [9.17, 15) is 20.1 Å². The van der Waals surface area contributed by atoms with Gasteiger partial charge in [0.1, 0.15) is 18.3 Å². The third-order valence-corrected chi connectivity index (χ3v) is 2.22. The van der Waals surface area contributed by atoms with Crippen molar-refractivity contribution in [3.63, 3.8) is 0 Å². The molecule has 0 bridgehead atoms. The van der Waals surface area contributed by atoms with Gasteiger partial charge in [0.25, 0.3) is 0 Å². The number of hydrogen-bond donors (Lipinski definition) is 4. The zero-order valence-corrected chi connectivity index (χ0v) is 8.98. The average molecular weight is 236 g/mol. The van der Waals surface area contributed by atoms with E-state index in [1.165, 1.54) is 0 Å². The fourth-order valence-corrected chi connectivity index (χ4v) is 1.43. The van der Waals surface area contributed by atoms with Crippen LogP contribution in [0.4, 0.5) is 0 Å². The molecule has 0 saturated carbocycles. The van der Waals surface area contributed by atoms with Crippen molar-refractivity contribution in [1.29, 1.82) is 0 Å². The molecule has 0 spiro atoms. The number of aliphatic hydroxyl groups is 3. The Morgan fingerprint density at radius 2 is 1.75 bits per heavy atom. The van der Waals surface area contributed by atoms with Crippen LogP contribution in [-0.2, 0) is 14.3 Å². The maximum absolute atomic E-state index is 10.7. The van der Waals surface area contributed by atoms with Gasteiger partial charge in [-0.2, -0.15) is 0 Å². The van der Waals surface area contributed by atoms with Gasteiger partial charge in [0.15, 0.2) is 12.4 Å². The van der Waals surface area contributed by atoms with E-state index in [0.717, 1.165) is 0 Å². The monoisotopic (exact) mass is 236 g/mol. The minimum absolute atomic E-state index is 0.309. The predicted octanol–water partition coefficient (Wildman–Crippen LogP) is -1.70. The average Bonchev–Trinajstić information content (AvgIpc) is 2.18. The van der Waals surface area contributed by atoms with Gasteiger partial charge in [-0.1, -0.05) is 0 Å². The number of aliphatic hydroxyl groups excluding tert-OH is 3. The van der Waals surface area contributed by atoms with Crippen molar-refractivity contribution in [2.75, 3.05) is 0 Å². The van der Waals surface area contributed by atoms with Crippen molar-refractivity contribution in [2.45, 2.75) is 50.7 Å². The molecule has 0 aromatic rings. The largest absolute Gasteiger partial charge is 0.479 e. The summed E-state index contributed by atoms with van der Waals surface area (Å²) in [6.07, 6.45) is -7.95. The summed E-state index contributed by atoms with van der Waals surface area (Å²) < 4.78 is 9.97. The number of rotatable bonds is 3. The van der Waals surface area contributed by atoms with Crippen LogP contribution in [0.5, 0.6) is 0 Å². The quantitative estimate of drug-likeness (QED) is 0.461. The molecular formula is C9H16O7. The first kappa shape index (κ1) is 13.3. The Kier molecular flexibility index (Phi) is 4.22. The molecule has 4 N–H and O–H groups in total. The lowest BCUT2D eigenvalue weighted by molar-refractivity contribution is -0.301. The number of carboxylic acid groups (broad SMARTS) is 1. The fourth-order valence-electron chi connectivity index (χ4n) is 1.43. The van der Waals surface area contributed by atoms with Gasteiger partial charge in [0.2, 0.25) is 0 Å². The first-order valence-electron chi connectivity index (χ1n) is 4.92. The molecule has 2 unspecified atom stereocenters. The zero-order chi connectivity index (χ0) is 12.5. The van der Waals surface area contributed by atoms with Crippen molar-refractivity contribution in [3.05, 3.63) is 0 Å². The second-order valence-corrected chi connectivity index (χ2v) is 3.92. The van der Waals surface area contributed by atoms with E-state index in [4.69, 9.17) is 14.6 Å². The van der Waals surface area contributed by atoms with Crippen molar-refractivity contribution in [2.24, 2.45) is 0 Å². The molecule has 1 heterocycles. The van der Waals surface area contributed by atoms with E-state index < -0.39 is 36.7 Å². The summed E-state index contributed by atoms with van der Waals surface area (Å²) in [5.41, 5.74) is 0. The van der Waals surface area contributed by atoms with Crippen LogP contribution in [-0.4, -0.2) is 63.2 Å². The van der Waals surface area contributed by atoms with Crippen LogP contribution in [0.15, 0.2) is 0 Å². The second-order valence-electron chi connectivity index (χ2n) is 3.92. The van der Waals surface area contributed by atoms with E-state index in [2.05, 4.69) is 0 Å². The van der Waals surface area contributed by atoms with Gasteiger partial charge in [0, 0.05) is 0 Å². The van der Waals surface area contributed by atoms with Crippen LogP contribution in [0.2, 0.25) is 0 Å². The van der Waals surface area contributed by atoms with E-state index in [1.807, 2.05) is 0 Å². The molecule has 1 aliphatic heterocycles. The summed E-state index contributed by atoms with van der Waals surface area (Å²) in [7, 11) is 0. The van der Waals surface area contributed by atoms with Gasteiger partial charge < -0.3 is 29.9 Å². The molecule has 1 aliphatic rings. The molecule has 7 nitrogen and oxygen atoms in total. The summed E-state index contributed by atoms with van der Waals surface area (Å²) in [5, 5.41) is 37.0. The molecular weight excluding hydrogens is 220 g/mol. The van der Waals surface area contributed by atoms with Gasteiger partial charge in [-0.3, -0.25) is 0 Å². The Morgan fingerprint density at radius 3 is 2.19 bits per heavy atom. The minimum Gasteiger partial charge on any atom is -0.479 e. The van der Waals surface area contributed by atoms with E-state index in [1.54, 1.807) is 13.8 Å². The highest BCUT2D eigenvalue weighted by molar-refractivity contribution is 5.73. The van der Waals surface area contributed by atoms with Gasteiger partial charge >= 0.3 is 5.97 Å². The molecule has 94 valence electrons. The number of aliphatic carboxylic acids is 1. The molecule has 0 radical (unpaired) electrons. The predicted molar refractivity (Wildman–Crippen MR) is 50.5 cm³/mol. The van der Waals surface area contributed by atoms with Crippen LogP contribution in [0.3, 0.4) is 0 Å². The molecule has 5 atom stereocenters. The molecule has 0 aromatic heterocycles. The maximum atomic E-state index is 10.7. The fraction of sp³-hybridized carbons (Fsp3) is 0.889. The van der Waals surface area contributed by atoms with Gasteiger partial charge in [-0.25, -0.2) is 4.79 Å². The summed E-state index contributed by atoms with van der Waals surface area (Å²) in [6, 6.07) is 0. The molecule has 0 aromatic carbocycles. The lowest BCUT2D eigenvalue weighted by Crippen LogP contribution is -2.60. The summed E-state index contributed by atoms with van der Waals surface area (Å²) >= 11 is 0. The third-order valence-electron chi connectivity index (χ3n) is 2.22. The Hall–Kier alpha value is -0.730. The summed E-state index contributed by atoms with van der Waals surface area (Å²) in [4.78, 5) is 10.7. The number of carbonyl (C=O) groups is 1. The van der Waals surface area contributed by atoms with E-state index >= 15 is 0 Å². The van der Waals surface area contributed by atoms with Gasteiger partial charge in [0.05, 0.1) is 6.10 Å². The molecule has 1 fully saturated rings. The highest BCUT2D eigenvalue weighted by Gasteiger charge is 2.47. The van der Waals surface area contributed by atoms with Crippen molar-refractivity contribution in [3.8, 4) is 0 Å². The smallest absolute Gasteiger partial charge is 0.335 e. The number of carboxylic acids is 1. The molecule has 1 rings (SSSR count). The van der Waals surface area contributed by atoms with E-state index in [0.29, 0.717) is 0 Å². The topological polar surface area (TPSA) is 116 Å². The van der Waals surface area contributed by atoms with Crippen molar-refractivity contribution in [1.82, 2.24) is 0 Å². The lowest BCUT2D eigenvalue weighted by atomic mass is 9.99. The minimum atomic E-state index is -1.68. The standard InChI is InChI=1S/C9H16O7/c1-3(2)15-9-6(12)4(10)5(11)7(16-9)8(13)14/h3-7,9-12H,1-2H3,(H,13,14)/t4-,5-,6?,7?,9+/m0/s1. The van der Waals surface area contributed by atoms with Crippen LogP contribution in [0, 0.1) is 0 Å². The molecule has 0 aliphatic carbocycles. The summed E-state index contributed by atoms with van der Waals surface area (Å²) in [6.45, 7) is 3.34. The van der Waals surface area contributed by atoms with Gasteiger partial charge in [-0.05, 0) is 13.8 Å². The highest BCUT2D eigenvalue weighted by Crippen LogP contribution is 2.23. The Labute approximate surface area is 92.2 Å². The normalized spacial score (nSPS) is 40.0. The third kappa shape index (κ3) is 2.69. The number of hydrogen-bond acceptors (Lipinski definition) is 6. The van der Waals surface area contributed by atoms with Gasteiger partial charge in [-0.15, -0.1) is 0 Å². The SMILES string of the molecule is CC(C)O[C@@H]1OC(C(=O)O)[C@@H](O)[C@H](O)C1O. The first-order valence-corrected chi connectivity index (χ1v) is 4.92. The number of ether oxygens (including phenoxy) is 2. The van der Waals surface area contributed by atoms with Crippen molar-refractivity contribution >= 4 is 5.97 Å². The van der Waals surface area contributed by atoms with Crippen LogP contribution < -0.4 is 0 Å². The summed E-state index contributed by atoms with van der Waals surface area (Å²) in [5.74, 6) is -1.42. The van der Waals surface area contributed by atoms with Crippen LogP contribution in [0.1, 0.15) is 13.8 Å². The Bertz CT molecular complexity index is 254. The maximum Gasteiger partial charge on any atom is 0.335 e. The Balaban J connectivity index is 2.77. The highest BCUT2D eigenvalue weighted by atomic mass is 16.7. The molecule has 0 amide bonds. The van der Waals surface area contributed by atoms with E-state index in [-0.39, 0.29) is 6.10 Å². The molecule has 7 heteroatoms. The Morgan fingerprint density at radius 1 is 1.19 bits per heavy atom. The molecule has 1 saturated heterocycles. The zero-order valence-electron chi connectivity index (χ0n) is 8.98.